The number of amides is 1. The third-order valence-electron chi connectivity index (χ3n) is 5.17. The van der Waals surface area contributed by atoms with Crippen LogP contribution in [0.1, 0.15) is 15.9 Å². The Balaban J connectivity index is 1.48. The van der Waals surface area contributed by atoms with Gasteiger partial charge in [-0.15, -0.1) is 0 Å². The van der Waals surface area contributed by atoms with Crippen molar-refractivity contribution in [3.05, 3.63) is 96.4 Å². The molecule has 2 aromatic heterocycles. The van der Waals surface area contributed by atoms with Crippen molar-refractivity contribution >= 4 is 27.4 Å². The number of carbonyl (C=O) groups excluding carboxylic acids is 1. The highest BCUT2D eigenvalue weighted by Crippen LogP contribution is 2.25. The minimum absolute atomic E-state index is 0.00156. The molecule has 0 fully saturated rings. The topological polar surface area (TPSA) is 106 Å². The van der Waals surface area contributed by atoms with Gasteiger partial charge in [0.05, 0.1) is 24.2 Å². The summed E-state index contributed by atoms with van der Waals surface area (Å²) >= 11 is 0. The lowest BCUT2D eigenvalue weighted by molar-refractivity contribution is 0.102. The summed E-state index contributed by atoms with van der Waals surface area (Å²) in [5.41, 5.74) is 1.69. The number of ether oxygens (including phenoxy) is 1. The lowest BCUT2D eigenvalue weighted by atomic mass is 10.2. The first kappa shape index (κ1) is 23.0. The van der Waals surface area contributed by atoms with Gasteiger partial charge >= 0.3 is 0 Å². The van der Waals surface area contributed by atoms with Crippen LogP contribution < -0.4 is 14.4 Å². The number of benzene rings is 2. The third kappa shape index (κ3) is 5.07. The molecule has 0 spiro atoms. The van der Waals surface area contributed by atoms with Gasteiger partial charge < -0.3 is 10.1 Å². The fourth-order valence-electron chi connectivity index (χ4n) is 3.27. The summed E-state index contributed by atoms with van der Waals surface area (Å²) in [6, 6.07) is 18.0. The van der Waals surface area contributed by atoms with Crippen molar-refractivity contribution in [1.29, 1.82) is 0 Å². The highest BCUT2D eigenvalue weighted by molar-refractivity contribution is 7.92. The van der Waals surface area contributed by atoms with Gasteiger partial charge in [-0.2, -0.15) is 5.10 Å². The molecule has 0 bridgehead atoms. The number of nitrogens with zero attached hydrogens (tertiary/aromatic N) is 4. The van der Waals surface area contributed by atoms with Crippen molar-refractivity contribution in [3.63, 3.8) is 0 Å². The van der Waals surface area contributed by atoms with E-state index in [-0.39, 0.29) is 10.5 Å². The van der Waals surface area contributed by atoms with E-state index in [4.69, 9.17) is 4.74 Å². The minimum Gasteiger partial charge on any atom is -0.497 e. The number of anilines is 2. The molecular formula is C24H23N5O4S. The standard InChI is InChI=1S/C24H23N5O4S/c1-28(20-6-8-21(33-2)9-7-20)34(31,32)22-5-3-4-19(16-22)24(30)26-23-12-15-29(27-23)17-18-10-13-25-14-11-18/h3-16H,17H2,1-2H3,(H,26,27,30). The molecule has 0 radical (unpaired) electrons. The number of sulfonamides is 1. The van der Waals surface area contributed by atoms with Gasteiger partial charge in [0.15, 0.2) is 5.82 Å². The Morgan fingerprint density at radius 1 is 1.06 bits per heavy atom. The molecule has 0 atom stereocenters. The van der Waals surface area contributed by atoms with E-state index in [0.29, 0.717) is 23.8 Å². The summed E-state index contributed by atoms with van der Waals surface area (Å²) in [5, 5.41) is 7.06. The molecule has 1 amide bonds. The fourth-order valence-corrected chi connectivity index (χ4v) is 4.51. The largest absolute Gasteiger partial charge is 0.497 e. The van der Waals surface area contributed by atoms with Crippen LogP contribution in [0.15, 0.2) is 90.2 Å². The van der Waals surface area contributed by atoms with Gasteiger partial charge in [0.25, 0.3) is 15.9 Å². The number of hydrogen-bond acceptors (Lipinski definition) is 6. The molecule has 4 rings (SSSR count). The molecule has 0 aliphatic rings. The van der Waals surface area contributed by atoms with E-state index < -0.39 is 15.9 Å². The molecule has 0 saturated carbocycles. The van der Waals surface area contributed by atoms with E-state index in [1.54, 1.807) is 59.7 Å². The predicted octanol–water partition coefficient (Wildman–Crippen LogP) is 3.41. The van der Waals surface area contributed by atoms with Gasteiger partial charge in [-0.1, -0.05) is 6.07 Å². The average molecular weight is 478 g/mol. The molecule has 0 unspecified atom stereocenters. The van der Waals surface area contributed by atoms with Crippen LogP contribution in [0.3, 0.4) is 0 Å². The van der Waals surface area contributed by atoms with Crippen molar-refractivity contribution in [2.24, 2.45) is 0 Å². The first-order chi connectivity index (χ1) is 16.4. The molecule has 9 nitrogen and oxygen atoms in total. The van der Waals surface area contributed by atoms with E-state index in [0.717, 1.165) is 9.87 Å². The number of hydrogen-bond donors (Lipinski definition) is 1. The Bertz CT molecular complexity index is 1390. The molecule has 34 heavy (non-hydrogen) atoms. The van der Waals surface area contributed by atoms with Gasteiger partial charge in [0.2, 0.25) is 0 Å². The molecular weight excluding hydrogens is 454 g/mol. The molecule has 0 aliphatic heterocycles. The Kier molecular flexibility index (Phi) is 6.60. The normalized spacial score (nSPS) is 11.1. The zero-order valence-corrected chi connectivity index (χ0v) is 19.4. The molecule has 2 heterocycles. The van der Waals surface area contributed by atoms with Gasteiger partial charge in [0, 0.05) is 37.3 Å². The van der Waals surface area contributed by atoms with E-state index >= 15 is 0 Å². The second-order valence-electron chi connectivity index (χ2n) is 7.41. The molecule has 1 N–H and O–H groups in total. The Morgan fingerprint density at radius 2 is 1.79 bits per heavy atom. The van der Waals surface area contributed by atoms with Crippen LogP contribution in [0.25, 0.3) is 0 Å². The minimum atomic E-state index is -3.88. The van der Waals surface area contributed by atoms with Crippen LogP contribution in [0.2, 0.25) is 0 Å². The molecule has 174 valence electrons. The van der Waals surface area contributed by atoms with E-state index in [2.05, 4.69) is 15.4 Å². The fraction of sp³-hybridized carbons (Fsp3) is 0.125. The third-order valence-corrected chi connectivity index (χ3v) is 6.95. The molecule has 10 heteroatoms. The Hall–Kier alpha value is -4.18. The number of carbonyl (C=O) groups is 1. The Labute approximate surface area is 197 Å². The predicted molar refractivity (Wildman–Crippen MR) is 129 cm³/mol. The van der Waals surface area contributed by atoms with Crippen LogP contribution in [0, 0.1) is 0 Å². The van der Waals surface area contributed by atoms with Gasteiger partial charge in [-0.25, -0.2) is 8.42 Å². The molecule has 0 saturated heterocycles. The summed E-state index contributed by atoms with van der Waals surface area (Å²) < 4.78 is 34.2. The smallest absolute Gasteiger partial charge is 0.264 e. The first-order valence-electron chi connectivity index (χ1n) is 10.3. The monoisotopic (exact) mass is 477 g/mol. The summed E-state index contributed by atoms with van der Waals surface area (Å²) in [6.45, 7) is 0.532. The number of pyridine rings is 1. The zero-order valence-electron chi connectivity index (χ0n) is 18.6. The highest BCUT2D eigenvalue weighted by Gasteiger charge is 2.22. The van der Waals surface area contributed by atoms with Crippen LogP contribution in [0.5, 0.6) is 5.75 Å². The van der Waals surface area contributed by atoms with Crippen LogP contribution in [0.4, 0.5) is 11.5 Å². The van der Waals surface area contributed by atoms with Crippen LogP contribution >= 0.6 is 0 Å². The summed E-state index contributed by atoms with van der Waals surface area (Å²) in [7, 11) is -0.886. The maximum absolute atomic E-state index is 13.1. The summed E-state index contributed by atoms with van der Waals surface area (Å²) in [5.74, 6) is 0.525. The number of nitrogens with one attached hydrogen (secondary N) is 1. The van der Waals surface area contributed by atoms with E-state index in [1.165, 1.54) is 32.4 Å². The Morgan fingerprint density at radius 3 is 2.50 bits per heavy atom. The SMILES string of the molecule is COc1ccc(N(C)S(=O)(=O)c2cccc(C(=O)Nc3ccn(Cc4ccncc4)n3)c2)cc1. The van der Waals surface area contributed by atoms with Crippen molar-refractivity contribution in [3.8, 4) is 5.75 Å². The van der Waals surface area contributed by atoms with Crippen molar-refractivity contribution < 1.29 is 17.9 Å². The number of aromatic nitrogens is 3. The first-order valence-corrected chi connectivity index (χ1v) is 11.8. The van der Waals surface area contributed by atoms with E-state index in [9.17, 15) is 13.2 Å². The highest BCUT2D eigenvalue weighted by atomic mass is 32.2. The number of rotatable bonds is 8. The van der Waals surface area contributed by atoms with Gasteiger partial charge in [-0.05, 0) is 60.2 Å². The molecule has 0 aliphatic carbocycles. The van der Waals surface area contributed by atoms with Crippen molar-refractivity contribution in [2.45, 2.75) is 11.4 Å². The average Bonchev–Trinajstić information content (AvgIpc) is 3.30. The quantitative estimate of drug-likeness (QED) is 0.417. The second-order valence-corrected chi connectivity index (χ2v) is 9.38. The second kappa shape index (κ2) is 9.75. The van der Waals surface area contributed by atoms with E-state index in [1.807, 2.05) is 12.1 Å². The number of methoxy groups -OCH3 is 1. The lowest BCUT2D eigenvalue weighted by Gasteiger charge is -2.20. The van der Waals surface area contributed by atoms with Gasteiger partial charge in [-0.3, -0.25) is 18.8 Å². The summed E-state index contributed by atoms with van der Waals surface area (Å²) in [6.07, 6.45) is 5.16. The maximum Gasteiger partial charge on any atom is 0.264 e. The van der Waals surface area contributed by atoms with Gasteiger partial charge in [0.1, 0.15) is 5.75 Å². The molecule has 2 aromatic carbocycles. The maximum atomic E-state index is 13.1. The van der Waals surface area contributed by atoms with Crippen LogP contribution in [-0.2, 0) is 16.6 Å². The lowest BCUT2D eigenvalue weighted by Crippen LogP contribution is -2.26. The van der Waals surface area contributed by atoms with Crippen molar-refractivity contribution in [1.82, 2.24) is 14.8 Å². The van der Waals surface area contributed by atoms with Crippen LogP contribution in [-0.4, -0.2) is 43.2 Å². The van der Waals surface area contributed by atoms with Crippen molar-refractivity contribution in [2.75, 3.05) is 23.8 Å². The zero-order chi connectivity index (χ0) is 24.1. The molecule has 4 aromatic rings. The summed E-state index contributed by atoms with van der Waals surface area (Å²) in [4.78, 5) is 16.8.